The number of hydrogen-bond donors (Lipinski definition) is 0. The molecule has 0 aliphatic rings. The fraction of sp³-hybridized carbons (Fsp3) is 0.444. The van der Waals surface area contributed by atoms with Crippen molar-refractivity contribution in [3.8, 4) is 0 Å². The molecule has 1 aromatic rings. The molecule has 0 radical (unpaired) electrons. The molecular weight excluding hydrogens is 178 g/mol. The Morgan fingerprint density at radius 1 is 1.62 bits per heavy atom. The molecule has 0 fully saturated rings. The van der Waals surface area contributed by atoms with Crippen molar-refractivity contribution in [1.82, 2.24) is 0 Å². The predicted molar refractivity (Wildman–Crippen MR) is 42.8 cm³/mol. The third-order valence-corrected chi connectivity index (χ3v) is 1.92. The molecule has 2 nitrogen and oxygen atoms in total. The molecule has 0 N–H and O–H groups in total. The van der Waals surface area contributed by atoms with Crippen LogP contribution in [0.4, 0.5) is 8.78 Å². The van der Waals surface area contributed by atoms with Crippen molar-refractivity contribution in [3.63, 3.8) is 0 Å². The molecule has 0 aromatic carbocycles. The van der Waals surface area contributed by atoms with E-state index in [1.165, 1.54) is 25.3 Å². The van der Waals surface area contributed by atoms with Crippen LogP contribution in [0.25, 0.3) is 0 Å². The van der Waals surface area contributed by atoms with Gasteiger partial charge < -0.3 is 4.42 Å². The molecule has 1 heterocycles. The minimum Gasteiger partial charge on any atom is -0.461 e. The smallest absolute Gasteiger partial charge is 0.255 e. The summed E-state index contributed by atoms with van der Waals surface area (Å²) in [6.07, 6.45) is 1.29. The Kier molecular flexibility index (Phi) is 2.50. The van der Waals surface area contributed by atoms with Gasteiger partial charge in [-0.1, -0.05) is 0 Å². The van der Waals surface area contributed by atoms with Crippen LogP contribution in [-0.2, 0) is 0 Å². The highest BCUT2D eigenvalue weighted by Crippen LogP contribution is 2.26. The maximum Gasteiger partial charge on any atom is 0.255 e. The Labute approximate surface area is 74.5 Å². The van der Waals surface area contributed by atoms with Crippen molar-refractivity contribution in [2.75, 3.05) is 0 Å². The van der Waals surface area contributed by atoms with Gasteiger partial charge in [0, 0.05) is 6.92 Å². The first-order valence-corrected chi connectivity index (χ1v) is 3.88. The minimum absolute atomic E-state index is 0.0194. The molecule has 1 atom stereocenters. The second-order valence-electron chi connectivity index (χ2n) is 3.02. The molecule has 1 unspecified atom stereocenters. The average Bonchev–Trinajstić information content (AvgIpc) is 2.51. The van der Waals surface area contributed by atoms with Crippen molar-refractivity contribution >= 4 is 5.78 Å². The van der Waals surface area contributed by atoms with Gasteiger partial charge in [-0.2, -0.15) is 0 Å². The van der Waals surface area contributed by atoms with Gasteiger partial charge in [0.2, 0.25) is 5.78 Å². The molecule has 0 saturated carbocycles. The topological polar surface area (TPSA) is 30.2 Å². The molecule has 1 aromatic heterocycles. The first kappa shape index (κ1) is 9.89. The highest BCUT2D eigenvalue weighted by molar-refractivity contribution is 5.95. The van der Waals surface area contributed by atoms with Gasteiger partial charge in [-0.05, 0) is 19.1 Å². The SMILES string of the molecule is CC(C(=O)c1ccco1)C(C)(F)F. The van der Waals surface area contributed by atoms with E-state index in [2.05, 4.69) is 0 Å². The summed E-state index contributed by atoms with van der Waals surface area (Å²) in [7, 11) is 0. The quantitative estimate of drug-likeness (QED) is 0.682. The summed E-state index contributed by atoms with van der Waals surface area (Å²) < 4.78 is 30.1. The van der Waals surface area contributed by atoms with E-state index in [0.717, 1.165) is 6.92 Å². The highest BCUT2D eigenvalue weighted by Gasteiger charge is 2.37. The number of carbonyl (C=O) groups is 1. The van der Waals surface area contributed by atoms with Gasteiger partial charge >= 0.3 is 0 Å². The first-order valence-electron chi connectivity index (χ1n) is 3.88. The van der Waals surface area contributed by atoms with Crippen LogP contribution < -0.4 is 0 Å². The third kappa shape index (κ3) is 2.14. The fourth-order valence-electron chi connectivity index (χ4n) is 0.862. The van der Waals surface area contributed by atoms with Crippen LogP contribution in [-0.4, -0.2) is 11.7 Å². The van der Waals surface area contributed by atoms with Crippen molar-refractivity contribution in [1.29, 1.82) is 0 Å². The average molecular weight is 188 g/mol. The standard InChI is InChI=1S/C9H10F2O2/c1-6(9(2,10)11)8(12)7-4-3-5-13-7/h3-6H,1-2H3. The summed E-state index contributed by atoms with van der Waals surface area (Å²) in [6, 6.07) is 2.87. The van der Waals surface area contributed by atoms with Gasteiger partial charge in [0.25, 0.3) is 5.92 Å². The van der Waals surface area contributed by atoms with Crippen LogP contribution in [0, 0.1) is 5.92 Å². The Morgan fingerprint density at radius 2 is 2.23 bits per heavy atom. The van der Waals surface area contributed by atoms with Gasteiger partial charge in [-0.15, -0.1) is 0 Å². The zero-order valence-corrected chi connectivity index (χ0v) is 7.38. The third-order valence-electron chi connectivity index (χ3n) is 1.92. The molecule has 1 rings (SSSR count). The Bertz CT molecular complexity index is 285. The molecule has 0 amide bonds. The zero-order chi connectivity index (χ0) is 10.1. The summed E-state index contributed by atoms with van der Waals surface area (Å²) in [4.78, 5) is 11.3. The molecule has 13 heavy (non-hydrogen) atoms. The number of Topliss-reactive ketones (excluding diaryl/α,β-unsaturated/α-hetero) is 1. The number of halogens is 2. The molecule has 0 aliphatic heterocycles. The predicted octanol–water partition coefficient (Wildman–Crippen LogP) is 2.75. The van der Waals surface area contributed by atoms with Crippen LogP contribution in [0.15, 0.2) is 22.8 Å². The summed E-state index contributed by atoms with van der Waals surface area (Å²) in [5.74, 6) is -5.05. The Hall–Kier alpha value is -1.19. The molecule has 4 heteroatoms. The van der Waals surface area contributed by atoms with E-state index in [1.54, 1.807) is 0 Å². The van der Waals surface area contributed by atoms with Gasteiger partial charge in [0.1, 0.15) is 0 Å². The van der Waals surface area contributed by atoms with E-state index >= 15 is 0 Å². The lowest BCUT2D eigenvalue weighted by Gasteiger charge is -2.16. The number of rotatable bonds is 3. The first-order chi connectivity index (χ1) is 5.93. The summed E-state index contributed by atoms with van der Waals surface area (Å²) >= 11 is 0. The fourth-order valence-corrected chi connectivity index (χ4v) is 0.862. The summed E-state index contributed by atoms with van der Waals surface area (Å²) in [6.45, 7) is 1.91. The van der Waals surface area contributed by atoms with Gasteiger partial charge in [-0.3, -0.25) is 4.79 Å². The normalized spacial score (nSPS) is 14.2. The Balaban J connectivity index is 2.81. The van der Waals surface area contributed by atoms with Gasteiger partial charge in [-0.25, -0.2) is 8.78 Å². The zero-order valence-electron chi connectivity index (χ0n) is 7.38. The lowest BCUT2D eigenvalue weighted by Crippen LogP contribution is -2.28. The maximum absolute atomic E-state index is 12.7. The maximum atomic E-state index is 12.7. The van der Waals surface area contributed by atoms with Crippen molar-refractivity contribution in [3.05, 3.63) is 24.2 Å². The van der Waals surface area contributed by atoms with E-state index in [0.29, 0.717) is 0 Å². The van der Waals surface area contributed by atoms with Crippen LogP contribution in [0.2, 0.25) is 0 Å². The number of alkyl halides is 2. The largest absolute Gasteiger partial charge is 0.461 e. The minimum atomic E-state index is -3.01. The van der Waals surface area contributed by atoms with E-state index in [1.807, 2.05) is 0 Å². The van der Waals surface area contributed by atoms with E-state index < -0.39 is 17.6 Å². The highest BCUT2D eigenvalue weighted by atomic mass is 19.3. The van der Waals surface area contributed by atoms with E-state index in [4.69, 9.17) is 4.42 Å². The number of furan rings is 1. The lowest BCUT2D eigenvalue weighted by atomic mass is 9.98. The molecule has 0 spiro atoms. The number of hydrogen-bond acceptors (Lipinski definition) is 2. The van der Waals surface area contributed by atoms with Crippen molar-refractivity contribution in [2.24, 2.45) is 5.92 Å². The summed E-state index contributed by atoms with van der Waals surface area (Å²) in [5, 5.41) is 0. The molecule has 0 bridgehead atoms. The summed E-state index contributed by atoms with van der Waals surface area (Å²) in [5.41, 5.74) is 0. The number of ketones is 1. The van der Waals surface area contributed by atoms with Crippen molar-refractivity contribution < 1.29 is 18.0 Å². The molecule has 0 aliphatic carbocycles. The Morgan fingerprint density at radius 3 is 2.62 bits per heavy atom. The molecule has 0 saturated heterocycles. The van der Waals surface area contributed by atoms with Crippen LogP contribution in [0.1, 0.15) is 24.4 Å². The van der Waals surface area contributed by atoms with Crippen LogP contribution >= 0.6 is 0 Å². The second-order valence-corrected chi connectivity index (χ2v) is 3.02. The molecular formula is C9H10F2O2. The number of carbonyl (C=O) groups excluding carboxylic acids is 1. The molecule has 72 valence electrons. The van der Waals surface area contributed by atoms with E-state index in [-0.39, 0.29) is 5.76 Å². The second kappa shape index (κ2) is 3.28. The van der Waals surface area contributed by atoms with E-state index in [9.17, 15) is 13.6 Å². The van der Waals surface area contributed by atoms with Gasteiger partial charge in [0.05, 0.1) is 12.2 Å². The van der Waals surface area contributed by atoms with Gasteiger partial charge in [0.15, 0.2) is 5.76 Å². The lowest BCUT2D eigenvalue weighted by molar-refractivity contribution is -0.0231. The van der Waals surface area contributed by atoms with Crippen LogP contribution in [0.3, 0.4) is 0 Å². The van der Waals surface area contributed by atoms with Crippen molar-refractivity contribution in [2.45, 2.75) is 19.8 Å². The van der Waals surface area contributed by atoms with Crippen LogP contribution in [0.5, 0.6) is 0 Å². The monoisotopic (exact) mass is 188 g/mol.